The molecule has 0 radical (unpaired) electrons. The van der Waals surface area contributed by atoms with Crippen LogP contribution in [0.2, 0.25) is 0 Å². The van der Waals surface area contributed by atoms with Gasteiger partial charge in [0.1, 0.15) is 0 Å². The van der Waals surface area contributed by atoms with Crippen LogP contribution in [0.15, 0.2) is 152 Å². The highest BCUT2D eigenvalue weighted by Crippen LogP contribution is 2.54. The fourth-order valence-corrected chi connectivity index (χ4v) is 9.75. The molecule has 2 atom stereocenters. The van der Waals surface area contributed by atoms with Crippen molar-refractivity contribution in [3.05, 3.63) is 163 Å². The standard InChI is InChI=1S/C51H44N4/c1-34-23-37-24-35(2)31-51(30-34,32-37)47-21-19-39(20-22-47)44-27-45(42-17-10-16-41(26-42)38-12-5-3-6-13-38)29-46(28-44)50-54-48(40-14-7-4-8-15-40)53-49(55-50)43-18-9-11-36(25-43)33-52/h3-22,25-29,34-35,37H,23-24,30-32H2,1-2H3/t34-,35-,37?,51?/m1/s1. The first kappa shape index (κ1) is 34.6. The predicted octanol–water partition coefficient (Wildman–Crippen LogP) is 12.8. The van der Waals surface area contributed by atoms with E-state index in [4.69, 9.17) is 15.0 Å². The Morgan fingerprint density at radius 2 is 0.927 bits per heavy atom. The van der Waals surface area contributed by atoms with Gasteiger partial charge in [0.2, 0.25) is 0 Å². The molecule has 2 saturated carbocycles. The van der Waals surface area contributed by atoms with Gasteiger partial charge in [0.25, 0.3) is 0 Å². The third-order valence-corrected chi connectivity index (χ3v) is 11.9. The normalized spacial score (nSPS) is 20.4. The van der Waals surface area contributed by atoms with Crippen LogP contribution in [-0.2, 0) is 5.41 Å². The largest absolute Gasteiger partial charge is 0.208 e. The Balaban J connectivity index is 1.20. The van der Waals surface area contributed by atoms with Crippen LogP contribution in [0, 0.1) is 29.1 Å². The Labute approximate surface area is 324 Å². The number of hydrogen-bond acceptors (Lipinski definition) is 4. The number of rotatable bonds is 7. The summed E-state index contributed by atoms with van der Waals surface area (Å²) < 4.78 is 0. The zero-order valence-electron chi connectivity index (χ0n) is 31.5. The molecule has 1 aromatic heterocycles. The summed E-state index contributed by atoms with van der Waals surface area (Å²) in [6.07, 6.45) is 6.64. The molecule has 55 heavy (non-hydrogen) atoms. The average Bonchev–Trinajstić information content (AvgIpc) is 3.23. The van der Waals surface area contributed by atoms with Gasteiger partial charge in [-0.3, -0.25) is 0 Å². The van der Waals surface area contributed by atoms with E-state index in [-0.39, 0.29) is 5.41 Å². The van der Waals surface area contributed by atoms with E-state index >= 15 is 0 Å². The summed E-state index contributed by atoms with van der Waals surface area (Å²) in [5.41, 5.74) is 11.8. The summed E-state index contributed by atoms with van der Waals surface area (Å²) in [6, 6.07) is 55.3. The minimum absolute atomic E-state index is 0.279. The van der Waals surface area contributed by atoms with Crippen LogP contribution in [0.5, 0.6) is 0 Å². The first-order chi connectivity index (χ1) is 26.9. The summed E-state index contributed by atoms with van der Waals surface area (Å²) in [6.45, 7) is 4.92. The molecular weight excluding hydrogens is 669 g/mol. The summed E-state index contributed by atoms with van der Waals surface area (Å²) >= 11 is 0. The second-order valence-electron chi connectivity index (χ2n) is 16.1. The molecule has 0 aliphatic heterocycles. The maximum Gasteiger partial charge on any atom is 0.164 e. The Bertz CT molecular complexity index is 2500. The fraction of sp³-hybridized carbons (Fsp3) is 0.216. The second kappa shape index (κ2) is 14.6. The summed E-state index contributed by atoms with van der Waals surface area (Å²) in [5, 5.41) is 9.70. The van der Waals surface area contributed by atoms with Crippen molar-refractivity contribution in [2.24, 2.45) is 17.8 Å². The third kappa shape index (κ3) is 7.11. The maximum atomic E-state index is 9.70. The highest BCUT2D eigenvalue weighted by Gasteiger charge is 2.45. The molecule has 2 fully saturated rings. The lowest BCUT2D eigenvalue weighted by molar-refractivity contribution is 0.0780. The van der Waals surface area contributed by atoms with E-state index < -0.39 is 0 Å². The van der Waals surface area contributed by atoms with E-state index in [0.717, 1.165) is 51.1 Å². The molecule has 0 spiro atoms. The summed E-state index contributed by atoms with van der Waals surface area (Å²) in [4.78, 5) is 15.2. The van der Waals surface area contributed by atoms with Gasteiger partial charge in [-0.1, -0.05) is 129 Å². The lowest BCUT2D eigenvalue weighted by Gasteiger charge is -2.50. The zero-order chi connectivity index (χ0) is 37.4. The van der Waals surface area contributed by atoms with Gasteiger partial charge in [0, 0.05) is 16.7 Å². The number of fused-ring (bicyclic) bond motifs is 2. The molecule has 4 heteroatoms. The molecule has 2 aliphatic carbocycles. The molecule has 0 saturated heterocycles. The fourth-order valence-electron chi connectivity index (χ4n) is 9.75. The van der Waals surface area contributed by atoms with Crippen molar-refractivity contribution in [2.45, 2.75) is 51.4 Å². The van der Waals surface area contributed by atoms with Crippen LogP contribution >= 0.6 is 0 Å². The number of hydrogen-bond donors (Lipinski definition) is 0. The average molecular weight is 713 g/mol. The molecule has 1 heterocycles. The van der Waals surface area contributed by atoms with Crippen molar-refractivity contribution in [1.29, 1.82) is 5.26 Å². The van der Waals surface area contributed by atoms with Crippen molar-refractivity contribution in [3.8, 4) is 73.6 Å². The second-order valence-corrected chi connectivity index (χ2v) is 16.1. The topological polar surface area (TPSA) is 62.5 Å². The molecular formula is C51H44N4. The van der Waals surface area contributed by atoms with E-state index in [2.05, 4.69) is 117 Å². The first-order valence-corrected chi connectivity index (χ1v) is 19.7. The van der Waals surface area contributed by atoms with Gasteiger partial charge in [-0.2, -0.15) is 5.26 Å². The lowest BCUT2D eigenvalue weighted by atomic mass is 9.54. The molecule has 0 N–H and O–H groups in total. The van der Waals surface area contributed by atoms with Gasteiger partial charge >= 0.3 is 0 Å². The molecule has 268 valence electrons. The van der Waals surface area contributed by atoms with Crippen LogP contribution in [0.4, 0.5) is 0 Å². The highest BCUT2D eigenvalue weighted by molar-refractivity contribution is 5.82. The Morgan fingerprint density at radius 1 is 0.455 bits per heavy atom. The van der Waals surface area contributed by atoms with E-state index in [1.807, 2.05) is 48.5 Å². The van der Waals surface area contributed by atoms with Gasteiger partial charge in [-0.05, 0) is 131 Å². The van der Waals surface area contributed by atoms with Crippen LogP contribution in [0.25, 0.3) is 67.5 Å². The minimum atomic E-state index is 0.279. The summed E-state index contributed by atoms with van der Waals surface area (Å²) in [7, 11) is 0. The van der Waals surface area contributed by atoms with Crippen molar-refractivity contribution < 1.29 is 0 Å². The molecule has 9 rings (SSSR count). The van der Waals surface area contributed by atoms with Gasteiger partial charge in [-0.25, -0.2) is 15.0 Å². The number of nitriles is 1. The van der Waals surface area contributed by atoms with Gasteiger partial charge < -0.3 is 0 Å². The van der Waals surface area contributed by atoms with Gasteiger partial charge in [-0.15, -0.1) is 0 Å². The van der Waals surface area contributed by atoms with Crippen molar-refractivity contribution in [1.82, 2.24) is 15.0 Å². The van der Waals surface area contributed by atoms with Crippen LogP contribution in [0.1, 0.15) is 57.1 Å². The monoisotopic (exact) mass is 712 g/mol. The Hall–Kier alpha value is -6.18. The zero-order valence-corrected chi connectivity index (χ0v) is 31.5. The molecule has 2 aliphatic rings. The summed E-state index contributed by atoms with van der Waals surface area (Å²) in [5.74, 6) is 4.08. The molecule has 0 amide bonds. The third-order valence-electron chi connectivity index (χ3n) is 11.9. The van der Waals surface area contributed by atoms with Crippen LogP contribution < -0.4 is 0 Å². The first-order valence-electron chi connectivity index (χ1n) is 19.7. The smallest absolute Gasteiger partial charge is 0.164 e. The van der Waals surface area contributed by atoms with Crippen molar-refractivity contribution in [3.63, 3.8) is 0 Å². The van der Waals surface area contributed by atoms with E-state index in [1.54, 1.807) is 6.07 Å². The number of aromatic nitrogens is 3. The molecule has 7 aromatic rings. The van der Waals surface area contributed by atoms with Crippen molar-refractivity contribution in [2.75, 3.05) is 0 Å². The van der Waals surface area contributed by atoms with E-state index in [0.29, 0.717) is 23.0 Å². The van der Waals surface area contributed by atoms with E-state index in [9.17, 15) is 5.26 Å². The molecule has 2 bridgehead atoms. The highest BCUT2D eigenvalue weighted by atomic mass is 15.0. The lowest BCUT2D eigenvalue weighted by Crippen LogP contribution is -2.42. The number of nitrogens with zero attached hydrogens (tertiary/aromatic N) is 4. The Morgan fingerprint density at radius 3 is 1.58 bits per heavy atom. The minimum Gasteiger partial charge on any atom is -0.208 e. The van der Waals surface area contributed by atoms with Crippen LogP contribution in [-0.4, -0.2) is 15.0 Å². The van der Waals surface area contributed by atoms with Crippen molar-refractivity contribution >= 4 is 0 Å². The quantitative estimate of drug-likeness (QED) is 0.165. The number of benzene rings is 6. The molecule has 0 unspecified atom stereocenters. The maximum absolute atomic E-state index is 9.70. The molecule has 6 aromatic carbocycles. The van der Waals surface area contributed by atoms with Gasteiger partial charge in [0.15, 0.2) is 17.5 Å². The van der Waals surface area contributed by atoms with Gasteiger partial charge in [0.05, 0.1) is 11.6 Å². The Kier molecular flexibility index (Phi) is 9.16. The van der Waals surface area contributed by atoms with Crippen LogP contribution in [0.3, 0.4) is 0 Å². The SMILES string of the molecule is C[C@@H]1CC2C[C@@H](C)CC(c3ccc(-c4cc(-c5cccc(-c6ccccc6)c5)cc(-c5nc(-c6ccccc6)nc(-c6cccc(C#N)c6)n5)c4)cc3)(C2)C1. The van der Waals surface area contributed by atoms with E-state index in [1.165, 1.54) is 54.4 Å². The predicted molar refractivity (Wildman–Crippen MR) is 224 cm³/mol. The molecule has 4 nitrogen and oxygen atoms in total.